The number of hydrogen-bond acceptors (Lipinski definition) is 7. The molecule has 2 amide bonds. The minimum absolute atomic E-state index is 0.384. The number of rotatable bonds is 7. The van der Waals surface area contributed by atoms with Gasteiger partial charge in [0.2, 0.25) is 0 Å². The molecule has 0 saturated carbocycles. The van der Waals surface area contributed by atoms with E-state index in [1.807, 2.05) is 0 Å². The molecule has 0 fully saturated rings. The molecule has 2 rings (SSSR count). The van der Waals surface area contributed by atoms with E-state index in [9.17, 15) is 19.2 Å². The van der Waals surface area contributed by atoms with Crippen LogP contribution in [0.1, 0.15) is 20.0 Å². The first kappa shape index (κ1) is 17.4. The summed E-state index contributed by atoms with van der Waals surface area (Å²) in [5.41, 5.74) is 0.483. The minimum Gasteiger partial charge on any atom is -0.482 e. The fourth-order valence-electron chi connectivity index (χ4n) is 1.60. The van der Waals surface area contributed by atoms with Crippen LogP contribution in [-0.2, 0) is 14.3 Å². The normalized spacial score (nSPS) is 9.83. The summed E-state index contributed by atoms with van der Waals surface area (Å²) in [7, 11) is 0. The maximum Gasteiger partial charge on any atom is 0.344 e. The summed E-state index contributed by atoms with van der Waals surface area (Å²) in [6.45, 7) is -0.976. The van der Waals surface area contributed by atoms with Crippen molar-refractivity contribution < 1.29 is 28.7 Å². The lowest BCUT2D eigenvalue weighted by Crippen LogP contribution is -2.34. The monoisotopic (exact) mass is 347 g/mol. The van der Waals surface area contributed by atoms with Crippen LogP contribution in [0.25, 0.3) is 0 Å². The molecule has 0 saturated heterocycles. The maximum atomic E-state index is 11.6. The van der Waals surface area contributed by atoms with Crippen LogP contribution < -0.4 is 10.1 Å². The summed E-state index contributed by atoms with van der Waals surface area (Å²) < 4.78 is 9.86. The molecule has 1 heterocycles. The van der Waals surface area contributed by atoms with Gasteiger partial charge in [0, 0.05) is 5.56 Å². The Morgan fingerprint density at radius 2 is 1.83 bits per heavy atom. The molecule has 1 aromatic heterocycles. The number of carbonyl (C=O) groups excluding carboxylic acids is 4. The molecule has 0 aliphatic heterocycles. The molecule has 7 nitrogen and oxygen atoms in total. The Bertz CT molecular complexity index is 724. The number of carbonyl (C=O) groups is 4. The van der Waals surface area contributed by atoms with Gasteiger partial charge < -0.3 is 9.47 Å². The Balaban J connectivity index is 1.69. The number of ether oxygens (including phenoxy) is 2. The number of benzene rings is 1. The van der Waals surface area contributed by atoms with Crippen LogP contribution in [0.5, 0.6) is 5.75 Å². The number of amides is 2. The molecule has 0 bridgehead atoms. The second kappa shape index (κ2) is 8.59. The largest absolute Gasteiger partial charge is 0.482 e. The molecule has 124 valence electrons. The predicted molar refractivity (Wildman–Crippen MR) is 85.1 cm³/mol. The van der Waals surface area contributed by atoms with Crippen molar-refractivity contribution in [1.82, 2.24) is 5.32 Å². The van der Waals surface area contributed by atoms with Crippen molar-refractivity contribution in [3.05, 3.63) is 52.2 Å². The van der Waals surface area contributed by atoms with Crippen LogP contribution in [0.3, 0.4) is 0 Å². The zero-order valence-corrected chi connectivity index (χ0v) is 13.2. The van der Waals surface area contributed by atoms with Crippen molar-refractivity contribution >= 4 is 35.4 Å². The van der Waals surface area contributed by atoms with Gasteiger partial charge in [-0.05, 0) is 35.7 Å². The van der Waals surface area contributed by atoms with Gasteiger partial charge in [-0.25, -0.2) is 4.79 Å². The highest BCUT2D eigenvalue weighted by Gasteiger charge is 2.13. The van der Waals surface area contributed by atoms with Crippen LogP contribution in [0.2, 0.25) is 0 Å². The first-order chi connectivity index (χ1) is 11.6. The quantitative estimate of drug-likeness (QED) is 0.601. The van der Waals surface area contributed by atoms with E-state index < -0.39 is 31.0 Å². The Kier molecular flexibility index (Phi) is 6.21. The molecule has 8 heteroatoms. The molecular formula is C16H13NO6S. The molecular weight excluding hydrogens is 334 g/mol. The van der Waals surface area contributed by atoms with Gasteiger partial charge in [0.15, 0.2) is 13.2 Å². The van der Waals surface area contributed by atoms with E-state index in [0.29, 0.717) is 22.5 Å². The van der Waals surface area contributed by atoms with Gasteiger partial charge in [0.25, 0.3) is 11.8 Å². The first-order valence-electron chi connectivity index (χ1n) is 6.80. The number of esters is 1. The number of aldehydes is 1. The van der Waals surface area contributed by atoms with E-state index in [-0.39, 0.29) is 0 Å². The average Bonchev–Trinajstić information content (AvgIpc) is 3.13. The average molecular weight is 347 g/mol. The SMILES string of the molecule is O=Cc1ccc(OCC(=O)OCC(=O)NC(=O)c2cccs2)cc1. The zero-order chi connectivity index (χ0) is 17.4. The highest BCUT2D eigenvalue weighted by atomic mass is 32.1. The van der Waals surface area contributed by atoms with Gasteiger partial charge in [-0.3, -0.25) is 19.7 Å². The maximum absolute atomic E-state index is 11.6. The molecule has 0 aliphatic rings. The first-order valence-corrected chi connectivity index (χ1v) is 7.68. The fourth-order valence-corrected chi connectivity index (χ4v) is 2.22. The third kappa shape index (κ3) is 5.33. The van der Waals surface area contributed by atoms with Crippen molar-refractivity contribution in [1.29, 1.82) is 0 Å². The van der Waals surface area contributed by atoms with E-state index in [0.717, 1.165) is 0 Å². The lowest BCUT2D eigenvalue weighted by molar-refractivity contribution is -0.150. The Labute approximate surface area is 141 Å². The van der Waals surface area contributed by atoms with Gasteiger partial charge in [0.05, 0.1) is 4.88 Å². The van der Waals surface area contributed by atoms with Crippen molar-refractivity contribution in [3.8, 4) is 5.75 Å². The topological polar surface area (TPSA) is 98.8 Å². The van der Waals surface area contributed by atoms with E-state index in [2.05, 4.69) is 5.32 Å². The molecule has 2 aromatic rings. The van der Waals surface area contributed by atoms with Crippen molar-refractivity contribution in [2.45, 2.75) is 0 Å². The molecule has 0 radical (unpaired) electrons. The Hall–Kier alpha value is -3.00. The third-order valence-corrected chi connectivity index (χ3v) is 3.60. The van der Waals surface area contributed by atoms with Crippen LogP contribution >= 0.6 is 11.3 Å². The molecule has 0 atom stereocenters. The second-order valence-electron chi connectivity index (χ2n) is 4.49. The number of thiophene rings is 1. The fraction of sp³-hybridized carbons (Fsp3) is 0.125. The van der Waals surface area contributed by atoms with Crippen molar-refractivity contribution in [3.63, 3.8) is 0 Å². The van der Waals surface area contributed by atoms with Crippen molar-refractivity contribution in [2.75, 3.05) is 13.2 Å². The summed E-state index contributed by atoms with van der Waals surface area (Å²) in [6, 6.07) is 9.40. The smallest absolute Gasteiger partial charge is 0.344 e. The van der Waals surface area contributed by atoms with Gasteiger partial charge >= 0.3 is 5.97 Å². The number of nitrogens with one attached hydrogen (secondary N) is 1. The standard InChI is InChI=1S/C16H13NO6S/c18-8-11-3-5-12(6-4-11)22-10-15(20)23-9-14(19)17-16(21)13-2-1-7-24-13/h1-8H,9-10H2,(H,17,19,21). The summed E-state index contributed by atoms with van der Waals surface area (Å²) in [5.74, 6) is -1.64. The molecule has 24 heavy (non-hydrogen) atoms. The van der Waals surface area contributed by atoms with Crippen LogP contribution in [0.4, 0.5) is 0 Å². The molecule has 1 aromatic carbocycles. The highest BCUT2D eigenvalue weighted by Crippen LogP contribution is 2.11. The highest BCUT2D eigenvalue weighted by molar-refractivity contribution is 7.12. The van der Waals surface area contributed by atoms with E-state index >= 15 is 0 Å². The Morgan fingerprint density at radius 1 is 1.08 bits per heavy atom. The number of imide groups is 1. The van der Waals surface area contributed by atoms with Crippen LogP contribution in [0, 0.1) is 0 Å². The molecule has 0 spiro atoms. The summed E-state index contributed by atoms with van der Waals surface area (Å²) >= 11 is 1.19. The van der Waals surface area contributed by atoms with E-state index in [1.54, 1.807) is 17.5 Å². The van der Waals surface area contributed by atoms with E-state index in [4.69, 9.17) is 9.47 Å². The number of hydrogen-bond donors (Lipinski definition) is 1. The molecule has 0 aliphatic carbocycles. The lowest BCUT2D eigenvalue weighted by atomic mass is 10.2. The molecule has 1 N–H and O–H groups in total. The van der Waals surface area contributed by atoms with Gasteiger partial charge in [0.1, 0.15) is 12.0 Å². The summed E-state index contributed by atoms with van der Waals surface area (Å²) in [4.78, 5) is 45.5. The van der Waals surface area contributed by atoms with Gasteiger partial charge in [-0.2, -0.15) is 0 Å². The van der Waals surface area contributed by atoms with Crippen molar-refractivity contribution in [2.24, 2.45) is 0 Å². The predicted octanol–water partition coefficient (Wildman–Crippen LogP) is 1.44. The van der Waals surface area contributed by atoms with Crippen LogP contribution in [0.15, 0.2) is 41.8 Å². The van der Waals surface area contributed by atoms with Gasteiger partial charge in [-0.1, -0.05) is 6.07 Å². The third-order valence-electron chi connectivity index (χ3n) is 2.74. The van der Waals surface area contributed by atoms with Gasteiger partial charge in [-0.15, -0.1) is 11.3 Å². The van der Waals surface area contributed by atoms with E-state index in [1.165, 1.54) is 35.6 Å². The van der Waals surface area contributed by atoms with Crippen LogP contribution in [-0.4, -0.2) is 37.3 Å². The summed E-state index contributed by atoms with van der Waals surface area (Å²) in [5, 5.41) is 3.81. The second-order valence-corrected chi connectivity index (χ2v) is 5.44. The zero-order valence-electron chi connectivity index (χ0n) is 12.4. The Morgan fingerprint density at radius 3 is 2.46 bits per heavy atom. The lowest BCUT2D eigenvalue weighted by Gasteiger charge is -2.07. The summed E-state index contributed by atoms with van der Waals surface area (Å²) in [6.07, 6.45) is 0.689. The minimum atomic E-state index is -0.756. The molecule has 0 unspecified atom stereocenters.